The molecule has 11 heteroatoms. The number of carboxylic acids is 1. The summed E-state index contributed by atoms with van der Waals surface area (Å²) < 4.78 is 46.5. The number of rotatable bonds is 9. The number of amides is 1. The van der Waals surface area contributed by atoms with E-state index >= 15 is 0 Å². The molecule has 2 aromatic rings. The number of halogens is 5. The molecule has 1 unspecified atom stereocenters. The number of benzene rings is 2. The Bertz CT molecular complexity index is 976. The van der Waals surface area contributed by atoms with E-state index in [1.54, 1.807) is 6.07 Å². The van der Waals surface area contributed by atoms with Gasteiger partial charge in [-0.15, -0.1) is 0 Å². The molecule has 3 N–H and O–H groups in total. The maximum Gasteiger partial charge on any atom is 0.416 e. The molecule has 0 aliphatic carbocycles. The van der Waals surface area contributed by atoms with Gasteiger partial charge in [-0.2, -0.15) is 13.2 Å². The minimum atomic E-state index is -4.51. The molecule has 0 aromatic heterocycles. The summed E-state index contributed by atoms with van der Waals surface area (Å²) in [6.45, 7) is 3.12. The van der Waals surface area contributed by atoms with Gasteiger partial charge in [0, 0.05) is 17.3 Å². The number of carbonyl (C=O) groups excluding carboxylic acids is 1. The van der Waals surface area contributed by atoms with E-state index in [1.165, 1.54) is 12.1 Å². The predicted octanol–water partition coefficient (Wildman–Crippen LogP) is 5.83. The lowest BCUT2D eigenvalue weighted by Crippen LogP contribution is -2.29. The smallest absolute Gasteiger partial charge is 0.416 e. The number of anilines is 1. The van der Waals surface area contributed by atoms with Crippen LogP contribution in [0.3, 0.4) is 0 Å². The fraction of sp³-hybridized carbons (Fsp3) is 0.333. The Labute approximate surface area is 199 Å². The lowest BCUT2D eigenvalue weighted by molar-refractivity contribution is -0.138. The molecule has 1 amide bonds. The second-order valence-electron chi connectivity index (χ2n) is 7.00. The Balaban J connectivity index is 2.24. The average Bonchev–Trinajstić information content (AvgIpc) is 2.70. The molecule has 32 heavy (non-hydrogen) atoms. The molecule has 0 bridgehead atoms. The highest BCUT2D eigenvalue weighted by atomic mass is 79.9. The van der Waals surface area contributed by atoms with Crippen molar-refractivity contribution in [3.8, 4) is 5.75 Å². The lowest BCUT2D eigenvalue weighted by Gasteiger charge is -2.18. The van der Waals surface area contributed by atoms with Crippen LogP contribution in [0.2, 0.25) is 0 Å². The van der Waals surface area contributed by atoms with E-state index in [9.17, 15) is 22.8 Å². The Morgan fingerprint density at radius 1 is 1.12 bits per heavy atom. The van der Waals surface area contributed by atoms with Gasteiger partial charge in [0.05, 0.1) is 14.5 Å². The van der Waals surface area contributed by atoms with Crippen molar-refractivity contribution in [1.29, 1.82) is 0 Å². The molecule has 0 heterocycles. The molecule has 0 saturated heterocycles. The average molecular weight is 582 g/mol. The van der Waals surface area contributed by atoms with Gasteiger partial charge in [0.25, 0.3) is 5.91 Å². The minimum absolute atomic E-state index is 0.00430. The van der Waals surface area contributed by atoms with Gasteiger partial charge in [0.15, 0.2) is 0 Å². The molecule has 174 valence electrons. The molecule has 0 spiro atoms. The molecule has 0 saturated carbocycles. The molecular weight excluding hydrogens is 561 g/mol. The summed E-state index contributed by atoms with van der Waals surface area (Å²) in [5.74, 6) is -1.49. The van der Waals surface area contributed by atoms with E-state index < -0.39 is 30.2 Å². The summed E-state index contributed by atoms with van der Waals surface area (Å²) in [5.41, 5.74) is 0.0495. The lowest BCUT2D eigenvalue weighted by atomic mass is 10.1. The second kappa shape index (κ2) is 11.0. The van der Waals surface area contributed by atoms with Crippen LogP contribution in [0.1, 0.15) is 41.8 Å². The van der Waals surface area contributed by atoms with E-state index in [2.05, 4.69) is 42.5 Å². The molecule has 0 aliphatic rings. The first kappa shape index (κ1) is 26.0. The number of ether oxygens (including phenoxy) is 1. The zero-order chi connectivity index (χ0) is 24.1. The van der Waals surface area contributed by atoms with E-state index in [-0.39, 0.29) is 24.0 Å². The first-order valence-corrected chi connectivity index (χ1v) is 11.1. The largest absolute Gasteiger partial charge is 0.487 e. The minimum Gasteiger partial charge on any atom is -0.487 e. The molecule has 1 atom stereocenters. The quantitative estimate of drug-likeness (QED) is 0.347. The molecule has 6 nitrogen and oxygen atoms in total. The van der Waals surface area contributed by atoms with Crippen molar-refractivity contribution in [1.82, 2.24) is 5.32 Å². The first-order valence-electron chi connectivity index (χ1n) is 9.50. The zero-order valence-corrected chi connectivity index (χ0v) is 20.3. The topological polar surface area (TPSA) is 87.7 Å². The van der Waals surface area contributed by atoms with Gasteiger partial charge < -0.3 is 20.5 Å². The van der Waals surface area contributed by atoms with Crippen LogP contribution in [0.15, 0.2) is 39.3 Å². The van der Waals surface area contributed by atoms with Crippen LogP contribution in [0.4, 0.5) is 18.9 Å². The molecule has 2 rings (SSSR count). The van der Waals surface area contributed by atoms with Crippen LogP contribution in [-0.2, 0) is 17.6 Å². The third-order valence-electron chi connectivity index (χ3n) is 4.39. The second-order valence-corrected chi connectivity index (χ2v) is 8.71. The molecule has 0 fully saturated rings. The van der Waals surface area contributed by atoms with Crippen molar-refractivity contribution in [2.45, 2.75) is 39.1 Å². The molecule has 2 aromatic carbocycles. The van der Waals surface area contributed by atoms with Crippen molar-refractivity contribution in [2.24, 2.45) is 0 Å². The van der Waals surface area contributed by atoms with Crippen LogP contribution >= 0.6 is 31.9 Å². The van der Waals surface area contributed by atoms with Gasteiger partial charge in [0.1, 0.15) is 18.9 Å². The zero-order valence-electron chi connectivity index (χ0n) is 17.1. The Hall–Kier alpha value is -2.27. The number of hydrogen-bond acceptors (Lipinski definition) is 4. The highest BCUT2D eigenvalue weighted by Gasteiger charge is 2.31. The summed E-state index contributed by atoms with van der Waals surface area (Å²) in [5, 5.41) is 14.0. The van der Waals surface area contributed by atoms with Crippen molar-refractivity contribution in [3.05, 3.63) is 56.0 Å². The van der Waals surface area contributed by atoms with Crippen LogP contribution < -0.4 is 15.4 Å². The number of carboxylic acid groups (broad SMARTS) is 1. The fourth-order valence-electron chi connectivity index (χ4n) is 2.65. The number of alkyl halides is 3. The van der Waals surface area contributed by atoms with Gasteiger partial charge >= 0.3 is 12.1 Å². The number of carbonyl (C=O) groups is 2. The van der Waals surface area contributed by atoms with E-state index in [4.69, 9.17) is 9.84 Å². The van der Waals surface area contributed by atoms with Gasteiger partial charge in [-0.05, 0) is 81.1 Å². The van der Waals surface area contributed by atoms with E-state index in [0.29, 0.717) is 20.2 Å². The first-order chi connectivity index (χ1) is 14.9. The third-order valence-corrected chi connectivity index (χ3v) is 5.57. The van der Waals surface area contributed by atoms with Crippen molar-refractivity contribution in [3.63, 3.8) is 0 Å². The molecule has 0 aliphatic heterocycles. The fourth-order valence-corrected chi connectivity index (χ4v) is 4.07. The predicted molar refractivity (Wildman–Crippen MR) is 121 cm³/mol. The molecule has 0 radical (unpaired) electrons. The van der Waals surface area contributed by atoms with Crippen molar-refractivity contribution < 1.29 is 32.6 Å². The highest BCUT2D eigenvalue weighted by molar-refractivity contribution is 9.11. The third kappa shape index (κ3) is 7.40. The summed E-state index contributed by atoms with van der Waals surface area (Å²) in [6.07, 6.45) is -3.76. The van der Waals surface area contributed by atoms with Crippen LogP contribution in [0.25, 0.3) is 0 Å². The van der Waals surface area contributed by atoms with Crippen molar-refractivity contribution in [2.75, 3.05) is 11.9 Å². The number of hydrogen-bond donors (Lipinski definition) is 3. The Morgan fingerprint density at radius 3 is 2.28 bits per heavy atom. The van der Waals surface area contributed by atoms with E-state index in [1.807, 2.05) is 13.8 Å². The summed E-state index contributed by atoms with van der Waals surface area (Å²) in [7, 11) is 0. The van der Waals surface area contributed by atoms with Crippen LogP contribution in [-0.4, -0.2) is 29.6 Å². The Kier molecular flexibility index (Phi) is 8.97. The van der Waals surface area contributed by atoms with Gasteiger partial charge in [-0.1, -0.05) is 6.92 Å². The monoisotopic (exact) mass is 580 g/mol. The Morgan fingerprint density at radius 2 is 1.75 bits per heavy atom. The number of nitrogens with one attached hydrogen (secondary N) is 2. The maximum absolute atomic E-state index is 13.3. The van der Waals surface area contributed by atoms with E-state index in [0.717, 1.165) is 18.6 Å². The highest BCUT2D eigenvalue weighted by Crippen LogP contribution is 2.36. The van der Waals surface area contributed by atoms with Crippen LogP contribution in [0.5, 0.6) is 5.75 Å². The van der Waals surface area contributed by atoms with Gasteiger partial charge in [-0.25, -0.2) is 0 Å². The van der Waals surface area contributed by atoms with Gasteiger partial charge in [-0.3, -0.25) is 9.59 Å². The standard InChI is InChI=1S/C21H21Br2F3N2O4/c1-3-11(2)28-15-5-12(4-14(8-15)21(24,25)26)10-32-19-16(22)6-13(7-17(19)23)20(31)27-9-18(29)30/h4-8,11,28H,3,9-10H2,1-2H3,(H,27,31)(H,29,30). The van der Waals surface area contributed by atoms with Crippen LogP contribution in [0, 0.1) is 0 Å². The normalized spacial score (nSPS) is 12.2. The summed E-state index contributed by atoms with van der Waals surface area (Å²) >= 11 is 6.56. The maximum atomic E-state index is 13.3. The SMILES string of the molecule is CCC(C)Nc1cc(COc2c(Br)cc(C(=O)NCC(=O)O)cc2Br)cc(C(F)(F)F)c1. The van der Waals surface area contributed by atoms with Crippen molar-refractivity contribution >= 4 is 49.4 Å². The molecular formula is C21H21Br2F3N2O4. The number of aliphatic carboxylic acids is 1. The van der Waals surface area contributed by atoms with Gasteiger partial charge in [0.2, 0.25) is 0 Å². The summed E-state index contributed by atoms with van der Waals surface area (Å²) in [6, 6.07) is 6.54. The summed E-state index contributed by atoms with van der Waals surface area (Å²) in [4.78, 5) is 22.7.